The number of aryl methyl sites for hydroxylation is 1. The van der Waals surface area contributed by atoms with Crippen molar-refractivity contribution in [2.24, 2.45) is 0 Å². The largest absolute Gasteiger partial charge is 0.497 e. The highest BCUT2D eigenvalue weighted by molar-refractivity contribution is 5.75. The number of aromatic nitrogens is 8. The fraction of sp³-hybridized carbons (Fsp3) is 0.241. The number of nitrogens with zero attached hydrogens (tertiary/aromatic N) is 8. The number of ether oxygens (including phenoxy) is 2. The topological polar surface area (TPSA) is 180 Å². The van der Waals surface area contributed by atoms with E-state index in [0.29, 0.717) is 28.3 Å². The highest BCUT2D eigenvalue weighted by Crippen LogP contribution is 2.27. The van der Waals surface area contributed by atoms with Crippen LogP contribution in [0.3, 0.4) is 0 Å². The smallest absolute Gasteiger partial charge is 0.313 e. The Morgan fingerprint density at radius 3 is 1.58 bits per heavy atom. The fourth-order valence-corrected chi connectivity index (χ4v) is 4.21. The number of aliphatic carboxylic acids is 2. The monoisotopic (exact) mass is 584 g/mol. The minimum atomic E-state index is -1.11. The molecule has 0 bridgehead atoms. The third-order valence-electron chi connectivity index (χ3n) is 6.71. The minimum Gasteiger partial charge on any atom is -0.497 e. The summed E-state index contributed by atoms with van der Waals surface area (Å²) < 4.78 is 13.1. The van der Waals surface area contributed by atoms with Crippen LogP contribution in [0.1, 0.15) is 43.0 Å². The number of rotatable bonds is 10. The predicted octanol–water partition coefficient (Wildman–Crippen LogP) is 3.67. The Labute approximate surface area is 245 Å². The van der Waals surface area contributed by atoms with Crippen molar-refractivity contribution in [2.75, 3.05) is 14.2 Å². The average molecular weight is 585 g/mol. The van der Waals surface area contributed by atoms with Crippen LogP contribution in [0.2, 0.25) is 0 Å². The lowest BCUT2D eigenvalue weighted by Crippen LogP contribution is -2.18. The Morgan fingerprint density at radius 2 is 1.14 bits per heavy atom. The Kier molecular flexibility index (Phi) is 7.84. The minimum absolute atomic E-state index is 0.0285. The number of hydrogen-bond donors (Lipinski definition) is 2. The summed E-state index contributed by atoms with van der Waals surface area (Å²) in [5.41, 5.74) is 1.76. The van der Waals surface area contributed by atoms with Crippen LogP contribution < -0.4 is 9.47 Å². The van der Waals surface area contributed by atoms with Crippen molar-refractivity contribution in [1.82, 2.24) is 39.5 Å². The normalized spacial score (nSPS) is 12.5. The first-order valence-corrected chi connectivity index (χ1v) is 13.1. The molecule has 2 unspecified atom stereocenters. The molecule has 0 spiro atoms. The number of methoxy groups -OCH3 is 2. The van der Waals surface area contributed by atoms with Gasteiger partial charge in [-0.05, 0) is 69.3 Å². The summed E-state index contributed by atoms with van der Waals surface area (Å²) in [5.74, 6) is -1.98. The van der Waals surface area contributed by atoms with E-state index in [1.54, 1.807) is 75.7 Å². The first kappa shape index (κ1) is 28.9. The van der Waals surface area contributed by atoms with E-state index in [9.17, 15) is 19.8 Å². The number of carbonyl (C=O) groups is 2. The molecular weight excluding hydrogens is 556 g/mol. The lowest BCUT2D eigenvalue weighted by Gasteiger charge is -2.12. The van der Waals surface area contributed by atoms with Crippen molar-refractivity contribution in [3.63, 3.8) is 0 Å². The second-order valence-corrected chi connectivity index (χ2v) is 9.66. The molecule has 0 aliphatic carbocycles. The zero-order chi connectivity index (χ0) is 30.8. The lowest BCUT2D eigenvalue weighted by molar-refractivity contribution is -0.139. The molecule has 0 saturated heterocycles. The van der Waals surface area contributed by atoms with Gasteiger partial charge in [0.05, 0.1) is 14.2 Å². The summed E-state index contributed by atoms with van der Waals surface area (Å²) >= 11 is 0. The van der Waals surface area contributed by atoms with Crippen LogP contribution >= 0.6 is 0 Å². The van der Waals surface area contributed by atoms with Crippen molar-refractivity contribution < 1.29 is 29.3 Å². The highest BCUT2D eigenvalue weighted by Gasteiger charge is 2.28. The van der Waals surface area contributed by atoms with Gasteiger partial charge in [0.1, 0.15) is 35.0 Å². The van der Waals surface area contributed by atoms with Crippen LogP contribution in [0.4, 0.5) is 0 Å². The molecule has 2 aromatic carbocycles. The summed E-state index contributed by atoms with van der Waals surface area (Å²) in [4.78, 5) is 42.2. The van der Waals surface area contributed by atoms with Crippen molar-refractivity contribution in [1.29, 1.82) is 0 Å². The Morgan fingerprint density at radius 1 is 0.698 bits per heavy atom. The molecule has 2 N–H and O–H groups in total. The molecule has 43 heavy (non-hydrogen) atoms. The SMILES string of the molecule is COc1ccc(-c2nc(C(C)C(=O)O)n(-c3cc(C)nc(-n4nc(-c5ccc(OC)cc5)nc4C(C)C(=O)O)n3)n2)cc1. The quantitative estimate of drug-likeness (QED) is 0.243. The van der Waals surface area contributed by atoms with E-state index in [2.05, 4.69) is 30.1 Å². The molecule has 2 atom stereocenters. The van der Waals surface area contributed by atoms with Crippen LogP contribution in [-0.2, 0) is 9.59 Å². The van der Waals surface area contributed by atoms with Gasteiger partial charge in [0, 0.05) is 22.9 Å². The van der Waals surface area contributed by atoms with Crippen molar-refractivity contribution in [3.05, 3.63) is 71.9 Å². The predicted molar refractivity (Wildman–Crippen MR) is 153 cm³/mol. The van der Waals surface area contributed by atoms with Crippen molar-refractivity contribution in [3.8, 4) is 46.0 Å². The van der Waals surface area contributed by atoms with Crippen LogP contribution in [0.15, 0.2) is 54.6 Å². The zero-order valence-corrected chi connectivity index (χ0v) is 24.0. The molecule has 0 fully saturated rings. The third-order valence-corrected chi connectivity index (χ3v) is 6.71. The van der Waals surface area contributed by atoms with E-state index in [-0.39, 0.29) is 35.1 Å². The van der Waals surface area contributed by atoms with Gasteiger partial charge in [0.25, 0.3) is 5.95 Å². The van der Waals surface area contributed by atoms with E-state index in [4.69, 9.17) is 9.47 Å². The zero-order valence-electron chi connectivity index (χ0n) is 24.0. The molecule has 14 heteroatoms. The number of carboxylic acid groups (broad SMARTS) is 2. The summed E-state index contributed by atoms with van der Waals surface area (Å²) in [6.45, 7) is 4.71. The van der Waals surface area contributed by atoms with Crippen LogP contribution in [0.25, 0.3) is 34.5 Å². The van der Waals surface area contributed by atoms with Gasteiger partial charge in [-0.3, -0.25) is 9.59 Å². The molecule has 0 radical (unpaired) electrons. The molecular formula is C29H28N8O6. The molecule has 5 aromatic rings. The molecule has 220 valence electrons. The van der Waals surface area contributed by atoms with Crippen molar-refractivity contribution >= 4 is 11.9 Å². The highest BCUT2D eigenvalue weighted by atomic mass is 16.5. The summed E-state index contributed by atoms with van der Waals surface area (Å²) in [6, 6.07) is 15.6. The molecule has 0 aliphatic heterocycles. The molecule has 5 rings (SSSR count). The van der Waals surface area contributed by atoms with Gasteiger partial charge in [-0.1, -0.05) is 0 Å². The maximum absolute atomic E-state index is 12.0. The van der Waals surface area contributed by atoms with Gasteiger partial charge in [-0.25, -0.2) is 15.0 Å². The number of hydrogen-bond acceptors (Lipinski definition) is 10. The molecule has 3 aromatic heterocycles. The van der Waals surface area contributed by atoms with E-state index < -0.39 is 23.8 Å². The van der Waals surface area contributed by atoms with E-state index in [1.807, 2.05) is 0 Å². The standard InChI is InChI=1S/C29H28N8O6/c1-15-14-22(36-25(16(2)27(38)39)32-23(34-36)18-6-10-20(42-4)11-7-18)31-29(30-15)37-26(17(3)28(40)41)33-24(35-37)19-8-12-21(43-5)13-9-19/h6-14,16-17H,1-5H3,(H,38,39)(H,40,41). The summed E-state index contributed by atoms with van der Waals surface area (Å²) in [7, 11) is 3.11. The molecule has 0 amide bonds. The number of carboxylic acids is 2. The van der Waals surface area contributed by atoms with Gasteiger partial charge in [0.2, 0.25) is 0 Å². The molecule has 0 aliphatic rings. The maximum Gasteiger partial charge on any atom is 0.313 e. The average Bonchev–Trinajstić information content (AvgIpc) is 3.66. The Balaban J connectivity index is 1.66. The van der Waals surface area contributed by atoms with E-state index in [0.717, 1.165) is 0 Å². The van der Waals surface area contributed by atoms with E-state index >= 15 is 0 Å². The van der Waals surface area contributed by atoms with Gasteiger partial charge < -0.3 is 19.7 Å². The molecule has 0 saturated carbocycles. The molecule has 3 heterocycles. The Hall–Kier alpha value is -5.66. The van der Waals surface area contributed by atoms with Crippen LogP contribution in [-0.4, -0.2) is 75.9 Å². The van der Waals surface area contributed by atoms with Gasteiger partial charge in [-0.15, -0.1) is 10.2 Å². The second kappa shape index (κ2) is 11.7. The van der Waals surface area contributed by atoms with Gasteiger partial charge in [0.15, 0.2) is 17.5 Å². The van der Waals surface area contributed by atoms with Crippen LogP contribution in [0.5, 0.6) is 11.5 Å². The maximum atomic E-state index is 12.0. The first-order valence-electron chi connectivity index (χ1n) is 13.1. The van der Waals surface area contributed by atoms with Crippen LogP contribution in [0, 0.1) is 6.92 Å². The third kappa shape index (κ3) is 5.75. The van der Waals surface area contributed by atoms with E-state index in [1.165, 1.54) is 23.2 Å². The lowest BCUT2D eigenvalue weighted by atomic mass is 10.1. The first-order chi connectivity index (χ1) is 20.6. The molecule has 14 nitrogen and oxygen atoms in total. The number of benzene rings is 2. The van der Waals surface area contributed by atoms with Gasteiger partial charge >= 0.3 is 11.9 Å². The van der Waals surface area contributed by atoms with Gasteiger partial charge in [-0.2, -0.15) is 14.3 Å². The second-order valence-electron chi connectivity index (χ2n) is 9.66. The Bertz CT molecular complexity index is 1670. The summed E-state index contributed by atoms with van der Waals surface area (Å²) in [6.07, 6.45) is 0. The van der Waals surface area contributed by atoms with Crippen molar-refractivity contribution in [2.45, 2.75) is 32.6 Å². The fourth-order valence-electron chi connectivity index (χ4n) is 4.21. The summed E-state index contributed by atoms with van der Waals surface area (Å²) in [5, 5.41) is 28.8.